The number of halogens is 1. The van der Waals surface area contributed by atoms with Crippen molar-refractivity contribution in [1.29, 1.82) is 0 Å². The van der Waals surface area contributed by atoms with E-state index < -0.39 is 5.82 Å². The first-order chi connectivity index (χ1) is 10.1. The van der Waals surface area contributed by atoms with Crippen LogP contribution in [0.1, 0.15) is 17.0 Å². The summed E-state index contributed by atoms with van der Waals surface area (Å²) in [6.07, 6.45) is 1.09. The second-order valence-electron chi connectivity index (χ2n) is 4.58. The summed E-state index contributed by atoms with van der Waals surface area (Å²) in [7, 11) is 3.02. The molecule has 21 heavy (non-hydrogen) atoms. The molecular weight excluding hydrogens is 275 g/mol. The Balaban J connectivity index is 2.52. The summed E-state index contributed by atoms with van der Waals surface area (Å²) in [5, 5.41) is 9.52. The highest BCUT2D eigenvalue weighted by atomic mass is 19.1. The van der Waals surface area contributed by atoms with Gasteiger partial charge >= 0.3 is 0 Å². The van der Waals surface area contributed by atoms with Crippen LogP contribution in [0.25, 0.3) is 0 Å². The van der Waals surface area contributed by atoms with Crippen molar-refractivity contribution in [3.05, 3.63) is 47.4 Å². The first-order valence-corrected chi connectivity index (χ1v) is 6.33. The van der Waals surface area contributed by atoms with Gasteiger partial charge in [0, 0.05) is 18.6 Å². The lowest BCUT2D eigenvalue weighted by Gasteiger charge is -2.19. The molecule has 0 saturated heterocycles. The lowest BCUT2D eigenvalue weighted by molar-refractivity contribution is 0.188. The van der Waals surface area contributed by atoms with Crippen molar-refractivity contribution in [2.24, 2.45) is 0 Å². The maximum Gasteiger partial charge on any atom is 0.217 e. The van der Waals surface area contributed by atoms with Crippen LogP contribution >= 0.6 is 0 Å². The van der Waals surface area contributed by atoms with Crippen molar-refractivity contribution in [1.82, 2.24) is 4.98 Å². The number of aromatic nitrogens is 1. The van der Waals surface area contributed by atoms with Gasteiger partial charge in [0.15, 0.2) is 0 Å². The van der Waals surface area contributed by atoms with E-state index in [-0.39, 0.29) is 17.4 Å². The minimum Gasteiger partial charge on any atom is -0.506 e. The molecule has 2 aromatic rings. The Labute approximate surface area is 122 Å². The lowest BCUT2D eigenvalue weighted by atomic mass is 9.92. The van der Waals surface area contributed by atoms with Crippen LogP contribution in [0.15, 0.2) is 30.5 Å². The highest BCUT2D eigenvalue weighted by Crippen LogP contribution is 2.34. The summed E-state index contributed by atoms with van der Waals surface area (Å²) in [4.78, 5) is 3.93. The summed E-state index contributed by atoms with van der Waals surface area (Å²) < 4.78 is 23.9. The Kier molecular flexibility index (Phi) is 4.59. The lowest BCUT2D eigenvalue weighted by Crippen LogP contribution is -2.11. The fourth-order valence-electron chi connectivity index (χ4n) is 2.18. The van der Waals surface area contributed by atoms with Gasteiger partial charge in [-0.3, -0.25) is 0 Å². The number of ether oxygens (including phenoxy) is 2. The maximum atomic E-state index is 13.5. The molecule has 1 unspecified atom stereocenters. The standard InChI is InChI=1S/C15H17FN2O3/c1-20-8-12(9-3-4-14(19)13(17)5-9)11-6-10(16)7-18-15(11)21-2/h3-7,12,19H,8,17H2,1-2H3. The highest BCUT2D eigenvalue weighted by Gasteiger charge is 2.21. The molecule has 0 aliphatic heterocycles. The van der Waals surface area contributed by atoms with Gasteiger partial charge in [0.25, 0.3) is 0 Å². The molecule has 0 saturated carbocycles. The van der Waals surface area contributed by atoms with Gasteiger partial charge in [0.2, 0.25) is 5.88 Å². The van der Waals surface area contributed by atoms with Gasteiger partial charge in [-0.2, -0.15) is 0 Å². The number of hydrogen-bond acceptors (Lipinski definition) is 5. The Morgan fingerprint density at radius 2 is 2.10 bits per heavy atom. The molecule has 0 aliphatic carbocycles. The average Bonchev–Trinajstić information content (AvgIpc) is 2.48. The number of hydrogen-bond donors (Lipinski definition) is 2. The van der Waals surface area contributed by atoms with Crippen LogP contribution in [0.2, 0.25) is 0 Å². The van der Waals surface area contributed by atoms with Gasteiger partial charge < -0.3 is 20.3 Å². The number of benzene rings is 1. The second-order valence-corrected chi connectivity index (χ2v) is 4.58. The Bertz CT molecular complexity index is 634. The number of aromatic hydroxyl groups is 1. The monoisotopic (exact) mass is 292 g/mol. The molecule has 2 rings (SSSR count). The Morgan fingerprint density at radius 3 is 2.71 bits per heavy atom. The van der Waals surface area contributed by atoms with Crippen LogP contribution in [-0.4, -0.2) is 30.9 Å². The van der Waals surface area contributed by atoms with Crippen molar-refractivity contribution in [3.63, 3.8) is 0 Å². The van der Waals surface area contributed by atoms with Crippen molar-refractivity contribution >= 4 is 5.69 Å². The first-order valence-electron chi connectivity index (χ1n) is 6.33. The van der Waals surface area contributed by atoms with E-state index in [0.717, 1.165) is 11.8 Å². The van der Waals surface area contributed by atoms with Crippen molar-refractivity contribution in [2.75, 3.05) is 26.6 Å². The minimum absolute atomic E-state index is 0.000695. The number of nitrogens with zero attached hydrogens (tertiary/aromatic N) is 1. The Morgan fingerprint density at radius 1 is 1.33 bits per heavy atom. The van der Waals surface area contributed by atoms with E-state index in [1.54, 1.807) is 19.2 Å². The smallest absolute Gasteiger partial charge is 0.217 e. The normalized spacial score (nSPS) is 12.1. The predicted molar refractivity (Wildman–Crippen MR) is 77.0 cm³/mol. The number of nitrogen functional groups attached to an aromatic ring is 1. The molecule has 3 N–H and O–H groups in total. The van der Waals surface area contributed by atoms with E-state index in [0.29, 0.717) is 18.1 Å². The molecule has 6 heteroatoms. The molecular formula is C15H17FN2O3. The molecule has 1 aromatic carbocycles. The number of rotatable bonds is 5. The molecule has 0 radical (unpaired) electrons. The zero-order chi connectivity index (χ0) is 15.4. The molecule has 1 aromatic heterocycles. The van der Waals surface area contributed by atoms with Gasteiger partial charge in [0.05, 0.1) is 25.6 Å². The number of methoxy groups -OCH3 is 2. The molecule has 1 atom stereocenters. The largest absolute Gasteiger partial charge is 0.506 e. The van der Waals surface area contributed by atoms with E-state index in [1.807, 2.05) is 0 Å². The molecule has 1 heterocycles. The van der Waals surface area contributed by atoms with Crippen LogP contribution in [0.3, 0.4) is 0 Å². The van der Waals surface area contributed by atoms with Gasteiger partial charge in [0.1, 0.15) is 11.6 Å². The van der Waals surface area contributed by atoms with Crippen molar-refractivity contribution in [3.8, 4) is 11.6 Å². The third-order valence-corrected chi connectivity index (χ3v) is 3.20. The molecule has 0 spiro atoms. The number of phenols is 1. The first kappa shape index (κ1) is 15.1. The zero-order valence-electron chi connectivity index (χ0n) is 11.8. The fourth-order valence-corrected chi connectivity index (χ4v) is 2.18. The van der Waals surface area contributed by atoms with E-state index >= 15 is 0 Å². The maximum absolute atomic E-state index is 13.5. The van der Waals surface area contributed by atoms with E-state index in [2.05, 4.69) is 4.98 Å². The van der Waals surface area contributed by atoms with Crippen LogP contribution < -0.4 is 10.5 Å². The summed E-state index contributed by atoms with van der Waals surface area (Å²) in [5.41, 5.74) is 7.30. The Hall–Kier alpha value is -2.34. The van der Waals surface area contributed by atoms with Crippen molar-refractivity contribution in [2.45, 2.75) is 5.92 Å². The number of anilines is 1. The predicted octanol–water partition coefficient (Wildman–Crippen LogP) is 2.30. The van der Waals surface area contributed by atoms with Crippen LogP contribution in [0.4, 0.5) is 10.1 Å². The molecule has 112 valence electrons. The number of phenolic OH excluding ortho intramolecular Hbond substituents is 1. The number of nitrogens with two attached hydrogens (primary N) is 1. The summed E-state index contributed by atoms with van der Waals surface area (Å²) in [6.45, 7) is 0.297. The topological polar surface area (TPSA) is 77.6 Å². The SMILES string of the molecule is COCC(c1ccc(O)c(N)c1)c1cc(F)cnc1OC. The van der Waals surface area contributed by atoms with Crippen LogP contribution in [0, 0.1) is 5.82 Å². The van der Waals surface area contributed by atoms with Gasteiger partial charge in [-0.15, -0.1) is 0 Å². The minimum atomic E-state index is -0.460. The summed E-state index contributed by atoms with van der Waals surface area (Å²) >= 11 is 0. The van der Waals surface area contributed by atoms with Gasteiger partial charge in [-0.1, -0.05) is 6.07 Å². The van der Waals surface area contributed by atoms with Gasteiger partial charge in [-0.25, -0.2) is 9.37 Å². The van der Waals surface area contributed by atoms with Crippen LogP contribution in [-0.2, 0) is 4.74 Å². The second kappa shape index (κ2) is 6.41. The molecule has 0 fully saturated rings. The summed E-state index contributed by atoms with van der Waals surface area (Å²) in [6, 6.07) is 6.19. The molecule has 0 amide bonds. The third kappa shape index (κ3) is 3.22. The van der Waals surface area contributed by atoms with Gasteiger partial charge in [-0.05, 0) is 23.8 Å². The summed E-state index contributed by atoms with van der Waals surface area (Å²) in [5.74, 6) is -0.445. The molecule has 5 nitrogen and oxygen atoms in total. The quantitative estimate of drug-likeness (QED) is 0.653. The third-order valence-electron chi connectivity index (χ3n) is 3.20. The van der Waals surface area contributed by atoms with E-state index in [9.17, 15) is 9.50 Å². The zero-order valence-corrected chi connectivity index (χ0v) is 11.8. The highest BCUT2D eigenvalue weighted by molar-refractivity contribution is 5.55. The fraction of sp³-hybridized carbons (Fsp3) is 0.267. The van der Waals surface area contributed by atoms with Crippen LogP contribution in [0.5, 0.6) is 11.6 Å². The molecule has 0 bridgehead atoms. The molecule has 0 aliphatic rings. The number of pyridine rings is 1. The average molecular weight is 292 g/mol. The van der Waals surface area contributed by atoms with Crippen molar-refractivity contribution < 1.29 is 19.0 Å². The van der Waals surface area contributed by atoms with E-state index in [4.69, 9.17) is 15.2 Å². The van der Waals surface area contributed by atoms with E-state index in [1.165, 1.54) is 19.2 Å².